The van der Waals surface area contributed by atoms with Gasteiger partial charge in [-0.15, -0.1) is 11.3 Å². The minimum atomic E-state index is -0.604. The van der Waals surface area contributed by atoms with Crippen molar-refractivity contribution in [2.45, 2.75) is 33.8 Å². The Labute approximate surface area is 128 Å². The van der Waals surface area contributed by atoms with Gasteiger partial charge < -0.3 is 14.8 Å². The van der Waals surface area contributed by atoms with E-state index in [-0.39, 0.29) is 17.9 Å². The van der Waals surface area contributed by atoms with Gasteiger partial charge in [-0.3, -0.25) is 4.79 Å². The van der Waals surface area contributed by atoms with E-state index in [0.717, 1.165) is 5.76 Å². The standard InChI is InChI=1S/C15H20N2O3S/c1-9-5-6-11(20-9)14-17-10(8-21-14)13(19)16-7-12(18)15(2,3)4/h5-6,8,12,18H,7H2,1-4H3,(H,16,19). The summed E-state index contributed by atoms with van der Waals surface area (Å²) in [6.07, 6.45) is -0.604. The molecule has 0 aromatic carbocycles. The van der Waals surface area contributed by atoms with E-state index in [4.69, 9.17) is 4.42 Å². The number of rotatable bonds is 4. The molecule has 21 heavy (non-hydrogen) atoms. The predicted octanol–water partition coefficient (Wildman–Crippen LogP) is 2.85. The van der Waals surface area contributed by atoms with Crippen molar-refractivity contribution in [2.24, 2.45) is 5.41 Å². The van der Waals surface area contributed by atoms with Crippen molar-refractivity contribution in [3.8, 4) is 10.8 Å². The van der Waals surface area contributed by atoms with Crippen molar-refractivity contribution in [3.05, 3.63) is 29.0 Å². The largest absolute Gasteiger partial charge is 0.459 e. The first-order chi connectivity index (χ1) is 9.77. The van der Waals surface area contributed by atoms with Crippen molar-refractivity contribution in [3.63, 3.8) is 0 Å². The Kier molecular flexibility index (Phi) is 4.49. The Morgan fingerprint density at radius 3 is 2.76 bits per heavy atom. The van der Waals surface area contributed by atoms with Crippen LogP contribution in [0.25, 0.3) is 10.8 Å². The fraction of sp³-hybridized carbons (Fsp3) is 0.467. The third-order valence-corrected chi connectivity index (χ3v) is 4.00. The molecule has 0 aliphatic carbocycles. The lowest BCUT2D eigenvalue weighted by Gasteiger charge is -2.25. The molecule has 2 N–H and O–H groups in total. The summed E-state index contributed by atoms with van der Waals surface area (Å²) in [6.45, 7) is 7.83. The smallest absolute Gasteiger partial charge is 0.270 e. The van der Waals surface area contributed by atoms with E-state index in [1.807, 2.05) is 39.8 Å². The quantitative estimate of drug-likeness (QED) is 0.910. The molecule has 1 amide bonds. The first-order valence-corrected chi connectivity index (χ1v) is 7.64. The number of hydrogen-bond donors (Lipinski definition) is 2. The molecule has 1 atom stereocenters. The van der Waals surface area contributed by atoms with Crippen LogP contribution in [-0.2, 0) is 0 Å². The number of aromatic nitrogens is 1. The molecular formula is C15H20N2O3S. The molecule has 0 fully saturated rings. The number of nitrogens with one attached hydrogen (secondary N) is 1. The summed E-state index contributed by atoms with van der Waals surface area (Å²) in [5.74, 6) is 1.18. The highest BCUT2D eigenvalue weighted by Crippen LogP contribution is 2.25. The highest BCUT2D eigenvalue weighted by atomic mass is 32.1. The molecule has 2 heterocycles. The van der Waals surface area contributed by atoms with E-state index in [2.05, 4.69) is 10.3 Å². The van der Waals surface area contributed by atoms with Gasteiger partial charge in [-0.2, -0.15) is 0 Å². The van der Waals surface area contributed by atoms with Crippen LogP contribution in [0.1, 0.15) is 37.0 Å². The van der Waals surface area contributed by atoms with E-state index >= 15 is 0 Å². The van der Waals surface area contributed by atoms with Crippen molar-refractivity contribution < 1.29 is 14.3 Å². The maximum absolute atomic E-state index is 12.0. The first-order valence-electron chi connectivity index (χ1n) is 6.76. The molecule has 0 aliphatic rings. The normalized spacial score (nSPS) is 13.2. The number of thiazole rings is 1. The van der Waals surface area contributed by atoms with Gasteiger partial charge in [0.15, 0.2) is 10.8 Å². The molecule has 0 spiro atoms. The van der Waals surface area contributed by atoms with Gasteiger partial charge in [0.2, 0.25) is 0 Å². The fourth-order valence-electron chi connectivity index (χ4n) is 1.63. The summed E-state index contributed by atoms with van der Waals surface area (Å²) in [5.41, 5.74) is 0.0665. The zero-order chi connectivity index (χ0) is 15.6. The summed E-state index contributed by atoms with van der Waals surface area (Å²) in [4.78, 5) is 16.3. The maximum Gasteiger partial charge on any atom is 0.270 e. The Bertz CT molecular complexity index is 625. The van der Waals surface area contributed by atoms with Crippen molar-refractivity contribution in [2.75, 3.05) is 6.54 Å². The molecule has 0 saturated heterocycles. The van der Waals surface area contributed by atoms with Crippen molar-refractivity contribution in [1.82, 2.24) is 10.3 Å². The zero-order valence-corrected chi connectivity index (χ0v) is 13.5. The lowest BCUT2D eigenvalue weighted by molar-refractivity contribution is 0.0585. The predicted molar refractivity (Wildman–Crippen MR) is 82.3 cm³/mol. The number of hydrogen-bond acceptors (Lipinski definition) is 5. The molecule has 114 valence electrons. The second-order valence-electron chi connectivity index (χ2n) is 6.04. The van der Waals surface area contributed by atoms with Gasteiger partial charge in [-0.1, -0.05) is 20.8 Å². The second-order valence-corrected chi connectivity index (χ2v) is 6.90. The van der Waals surface area contributed by atoms with Crippen LogP contribution in [0.4, 0.5) is 0 Å². The third-order valence-electron chi connectivity index (χ3n) is 3.14. The minimum Gasteiger partial charge on any atom is -0.459 e. The fourth-order valence-corrected chi connectivity index (χ4v) is 2.39. The molecule has 2 aromatic heterocycles. The number of aliphatic hydroxyl groups excluding tert-OH is 1. The molecular weight excluding hydrogens is 288 g/mol. The van der Waals surface area contributed by atoms with Crippen molar-refractivity contribution in [1.29, 1.82) is 0 Å². The number of amides is 1. The summed E-state index contributed by atoms with van der Waals surface area (Å²) in [7, 11) is 0. The van der Waals surface area contributed by atoms with Crippen molar-refractivity contribution >= 4 is 17.2 Å². The van der Waals surface area contributed by atoms with Gasteiger partial charge in [0.25, 0.3) is 5.91 Å². The summed E-state index contributed by atoms with van der Waals surface area (Å²) < 4.78 is 5.48. The van der Waals surface area contributed by atoms with Crippen LogP contribution in [0.3, 0.4) is 0 Å². The SMILES string of the molecule is Cc1ccc(-c2nc(C(=O)NCC(O)C(C)(C)C)cs2)o1. The number of carbonyl (C=O) groups is 1. The van der Waals surface area contributed by atoms with Crippen LogP contribution >= 0.6 is 11.3 Å². The molecule has 0 radical (unpaired) electrons. The van der Waals surface area contributed by atoms with Gasteiger partial charge in [0.05, 0.1) is 6.10 Å². The Hall–Kier alpha value is -1.66. The average molecular weight is 308 g/mol. The lowest BCUT2D eigenvalue weighted by Crippen LogP contribution is -2.39. The van der Waals surface area contributed by atoms with Crippen LogP contribution in [0, 0.1) is 12.3 Å². The molecule has 0 saturated carbocycles. The van der Waals surface area contributed by atoms with Crippen LogP contribution in [-0.4, -0.2) is 28.6 Å². The molecule has 2 rings (SSSR count). The topological polar surface area (TPSA) is 75.4 Å². The molecule has 0 aliphatic heterocycles. The lowest BCUT2D eigenvalue weighted by atomic mass is 9.89. The Balaban J connectivity index is 2.00. The van der Waals surface area contributed by atoms with Gasteiger partial charge >= 0.3 is 0 Å². The number of carbonyl (C=O) groups excluding carboxylic acids is 1. The second kappa shape index (κ2) is 5.99. The summed E-state index contributed by atoms with van der Waals surface area (Å²) in [6, 6.07) is 3.69. The number of aryl methyl sites for hydroxylation is 1. The minimum absolute atomic E-state index is 0.203. The Morgan fingerprint density at radius 1 is 1.48 bits per heavy atom. The molecule has 6 heteroatoms. The van der Waals surface area contributed by atoms with E-state index in [0.29, 0.717) is 16.5 Å². The van der Waals surface area contributed by atoms with E-state index in [9.17, 15) is 9.90 Å². The van der Waals surface area contributed by atoms with Crippen LogP contribution in [0.15, 0.2) is 21.9 Å². The summed E-state index contributed by atoms with van der Waals surface area (Å²) in [5, 5.41) is 15.0. The highest BCUT2D eigenvalue weighted by Gasteiger charge is 2.23. The average Bonchev–Trinajstić information content (AvgIpc) is 3.02. The monoisotopic (exact) mass is 308 g/mol. The molecule has 5 nitrogen and oxygen atoms in total. The molecule has 0 bridgehead atoms. The Morgan fingerprint density at radius 2 is 2.19 bits per heavy atom. The number of furan rings is 1. The van der Waals surface area contributed by atoms with Gasteiger partial charge in [-0.05, 0) is 24.5 Å². The van der Waals surface area contributed by atoms with Gasteiger partial charge in [0, 0.05) is 11.9 Å². The van der Waals surface area contributed by atoms with Crippen LogP contribution < -0.4 is 5.32 Å². The molecule has 1 unspecified atom stereocenters. The van der Waals surface area contributed by atoms with E-state index in [1.165, 1.54) is 11.3 Å². The van der Waals surface area contributed by atoms with E-state index in [1.54, 1.807) is 5.38 Å². The number of nitrogens with zero attached hydrogens (tertiary/aromatic N) is 1. The highest BCUT2D eigenvalue weighted by molar-refractivity contribution is 7.13. The maximum atomic E-state index is 12.0. The van der Waals surface area contributed by atoms with Crippen LogP contribution in [0.5, 0.6) is 0 Å². The molecule has 2 aromatic rings. The zero-order valence-electron chi connectivity index (χ0n) is 12.6. The third kappa shape index (κ3) is 3.92. The van der Waals surface area contributed by atoms with Gasteiger partial charge in [0.1, 0.15) is 11.5 Å². The number of aliphatic hydroxyl groups is 1. The van der Waals surface area contributed by atoms with E-state index < -0.39 is 6.10 Å². The summed E-state index contributed by atoms with van der Waals surface area (Å²) >= 11 is 1.36. The van der Waals surface area contributed by atoms with Crippen LogP contribution in [0.2, 0.25) is 0 Å². The van der Waals surface area contributed by atoms with Gasteiger partial charge in [-0.25, -0.2) is 4.98 Å². The first kappa shape index (κ1) is 15.7.